The molecule has 0 aliphatic rings. The highest BCUT2D eigenvalue weighted by molar-refractivity contribution is 9.11. The molecule has 1 nitrogen and oxygen atoms in total. The van der Waals surface area contributed by atoms with E-state index in [4.69, 9.17) is 0 Å². The quantitative estimate of drug-likeness (QED) is 0.886. The lowest BCUT2D eigenvalue weighted by Crippen LogP contribution is -2.20. The number of halogens is 1. The molecule has 80 valence electrons. The van der Waals surface area contributed by atoms with Gasteiger partial charge in [0.2, 0.25) is 0 Å². The van der Waals surface area contributed by atoms with Crippen LogP contribution in [0.2, 0.25) is 0 Å². The molecule has 0 saturated heterocycles. The first-order chi connectivity index (χ1) is 6.39. The molecular formula is C11H17BrOS. The lowest BCUT2D eigenvalue weighted by molar-refractivity contribution is 0.130. The fourth-order valence-electron chi connectivity index (χ4n) is 1.79. The molecule has 1 heterocycles. The van der Waals surface area contributed by atoms with E-state index in [2.05, 4.69) is 41.9 Å². The molecule has 0 aliphatic heterocycles. The molecule has 1 N–H and O–H groups in total. The molecule has 0 aliphatic carbocycles. The van der Waals surface area contributed by atoms with E-state index in [1.165, 1.54) is 8.66 Å². The maximum Gasteiger partial charge on any atom is 0.0701 e. The summed E-state index contributed by atoms with van der Waals surface area (Å²) in [6, 6.07) is 4.23. The van der Waals surface area contributed by atoms with Gasteiger partial charge in [-0.25, -0.2) is 0 Å². The van der Waals surface area contributed by atoms with E-state index in [-0.39, 0.29) is 11.5 Å². The number of hydrogen-bond donors (Lipinski definition) is 1. The Kier molecular flexibility index (Phi) is 4.16. The van der Waals surface area contributed by atoms with Gasteiger partial charge < -0.3 is 5.11 Å². The van der Waals surface area contributed by atoms with Crippen LogP contribution in [-0.4, -0.2) is 11.2 Å². The average molecular weight is 277 g/mol. The van der Waals surface area contributed by atoms with Crippen LogP contribution in [-0.2, 0) is 6.42 Å². The molecule has 1 unspecified atom stereocenters. The highest BCUT2D eigenvalue weighted by Gasteiger charge is 2.21. The molecular weight excluding hydrogens is 260 g/mol. The maximum absolute atomic E-state index is 9.37. The summed E-state index contributed by atoms with van der Waals surface area (Å²) in [7, 11) is 0. The van der Waals surface area contributed by atoms with Crippen molar-refractivity contribution in [1.29, 1.82) is 0 Å². The van der Waals surface area contributed by atoms with Crippen LogP contribution in [0.15, 0.2) is 15.9 Å². The van der Waals surface area contributed by atoms with Gasteiger partial charge in [-0.3, -0.25) is 0 Å². The molecule has 0 saturated carbocycles. The topological polar surface area (TPSA) is 20.2 Å². The van der Waals surface area contributed by atoms with Crippen LogP contribution in [0.4, 0.5) is 0 Å². The van der Waals surface area contributed by atoms with Crippen molar-refractivity contribution in [2.75, 3.05) is 0 Å². The number of thiophene rings is 1. The third-order valence-corrected chi connectivity index (χ3v) is 3.75. The lowest BCUT2D eigenvalue weighted by Gasteiger charge is -2.25. The summed E-state index contributed by atoms with van der Waals surface area (Å²) in [5.74, 6) is 0. The molecule has 0 fully saturated rings. The van der Waals surface area contributed by atoms with E-state index in [1.807, 2.05) is 6.92 Å². The zero-order valence-corrected chi connectivity index (χ0v) is 11.3. The third-order valence-electron chi connectivity index (χ3n) is 2.13. The van der Waals surface area contributed by atoms with Crippen molar-refractivity contribution in [2.45, 2.75) is 39.7 Å². The van der Waals surface area contributed by atoms with Crippen molar-refractivity contribution < 1.29 is 5.11 Å². The Labute approximate surface area is 98.3 Å². The predicted octanol–water partition coefficient (Wildman–Crippen LogP) is 3.85. The second kappa shape index (κ2) is 4.77. The summed E-state index contributed by atoms with van der Waals surface area (Å²) in [4.78, 5) is 1.38. The Hall–Kier alpha value is 0.140. The summed E-state index contributed by atoms with van der Waals surface area (Å²) in [6.45, 7) is 6.26. The first-order valence-corrected chi connectivity index (χ1v) is 6.42. The van der Waals surface area contributed by atoms with Gasteiger partial charge in [-0.2, -0.15) is 0 Å². The van der Waals surface area contributed by atoms with Crippen LogP contribution in [0.3, 0.4) is 0 Å². The minimum Gasteiger partial charge on any atom is -0.393 e. The van der Waals surface area contributed by atoms with Crippen molar-refractivity contribution in [1.82, 2.24) is 0 Å². The van der Waals surface area contributed by atoms with E-state index >= 15 is 0 Å². The molecule has 0 aromatic carbocycles. The minimum atomic E-state index is -0.214. The normalized spacial score (nSPS) is 14.4. The van der Waals surface area contributed by atoms with Gasteiger partial charge in [-0.15, -0.1) is 11.3 Å². The molecule has 1 rings (SSSR count). The van der Waals surface area contributed by atoms with Gasteiger partial charge >= 0.3 is 0 Å². The number of rotatable bonds is 4. The lowest BCUT2D eigenvalue weighted by atomic mass is 9.83. The van der Waals surface area contributed by atoms with Crippen LogP contribution >= 0.6 is 27.3 Å². The fraction of sp³-hybridized carbons (Fsp3) is 0.636. The Morgan fingerprint density at radius 2 is 2.14 bits per heavy atom. The van der Waals surface area contributed by atoms with Crippen molar-refractivity contribution in [2.24, 2.45) is 5.41 Å². The first kappa shape index (κ1) is 12.2. The average Bonchev–Trinajstić information content (AvgIpc) is 2.30. The van der Waals surface area contributed by atoms with E-state index in [0.717, 1.165) is 12.8 Å². The van der Waals surface area contributed by atoms with E-state index < -0.39 is 0 Å². The molecule has 0 bridgehead atoms. The SMILES string of the molecule is CC(O)CC(C)(C)Cc1ccc(Br)s1. The molecule has 1 atom stereocenters. The molecule has 1 aromatic heterocycles. The summed E-state index contributed by atoms with van der Waals surface area (Å²) < 4.78 is 1.18. The van der Waals surface area contributed by atoms with Gasteiger partial charge in [0, 0.05) is 4.88 Å². The second-order valence-electron chi connectivity index (χ2n) is 4.60. The molecule has 3 heteroatoms. The van der Waals surface area contributed by atoms with E-state index in [0.29, 0.717) is 0 Å². The second-order valence-corrected chi connectivity index (χ2v) is 7.15. The smallest absolute Gasteiger partial charge is 0.0701 e. The molecule has 0 amide bonds. The van der Waals surface area contributed by atoms with Crippen molar-refractivity contribution >= 4 is 27.3 Å². The van der Waals surface area contributed by atoms with Crippen LogP contribution < -0.4 is 0 Å². The van der Waals surface area contributed by atoms with E-state index in [9.17, 15) is 5.11 Å². The number of aliphatic hydroxyl groups is 1. The molecule has 0 radical (unpaired) electrons. The number of hydrogen-bond acceptors (Lipinski definition) is 2. The van der Waals surface area contributed by atoms with Gasteiger partial charge in [-0.05, 0) is 53.2 Å². The van der Waals surface area contributed by atoms with Crippen molar-refractivity contribution in [3.05, 3.63) is 20.8 Å². The molecule has 0 spiro atoms. The summed E-state index contributed by atoms with van der Waals surface area (Å²) in [6.07, 6.45) is 1.67. The van der Waals surface area contributed by atoms with Crippen LogP contribution in [0.1, 0.15) is 32.1 Å². The van der Waals surface area contributed by atoms with Crippen LogP contribution in [0.25, 0.3) is 0 Å². The summed E-state index contributed by atoms with van der Waals surface area (Å²) >= 11 is 5.24. The van der Waals surface area contributed by atoms with Crippen LogP contribution in [0, 0.1) is 5.41 Å². The van der Waals surface area contributed by atoms with Crippen molar-refractivity contribution in [3.8, 4) is 0 Å². The van der Waals surface area contributed by atoms with Gasteiger partial charge in [0.15, 0.2) is 0 Å². The van der Waals surface area contributed by atoms with Gasteiger partial charge in [0.25, 0.3) is 0 Å². The van der Waals surface area contributed by atoms with Gasteiger partial charge in [0.1, 0.15) is 0 Å². The first-order valence-electron chi connectivity index (χ1n) is 4.81. The molecule has 1 aromatic rings. The Bertz CT molecular complexity index is 291. The maximum atomic E-state index is 9.37. The standard InChI is InChI=1S/C11H17BrOS/c1-8(13)6-11(2,3)7-9-4-5-10(12)14-9/h4-5,8,13H,6-7H2,1-3H3. The zero-order chi connectivity index (χ0) is 10.8. The van der Waals surface area contributed by atoms with Gasteiger partial charge in [-0.1, -0.05) is 13.8 Å². The highest BCUT2D eigenvalue weighted by Crippen LogP contribution is 2.32. The minimum absolute atomic E-state index is 0.179. The fourth-order valence-corrected chi connectivity index (χ4v) is 3.53. The van der Waals surface area contributed by atoms with Crippen molar-refractivity contribution in [3.63, 3.8) is 0 Å². The Morgan fingerprint density at radius 3 is 2.57 bits per heavy atom. The monoisotopic (exact) mass is 276 g/mol. The third kappa shape index (κ3) is 4.11. The summed E-state index contributed by atoms with van der Waals surface area (Å²) in [5.41, 5.74) is 0.179. The van der Waals surface area contributed by atoms with Gasteiger partial charge in [0.05, 0.1) is 9.89 Å². The van der Waals surface area contributed by atoms with Crippen LogP contribution in [0.5, 0.6) is 0 Å². The highest BCUT2D eigenvalue weighted by atomic mass is 79.9. The Morgan fingerprint density at radius 1 is 1.50 bits per heavy atom. The zero-order valence-electron chi connectivity index (χ0n) is 8.88. The molecule has 14 heavy (non-hydrogen) atoms. The largest absolute Gasteiger partial charge is 0.393 e. The Balaban J connectivity index is 2.58. The van der Waals surface area contributed by atoms with E-state index in [1.54, 1.807) is 11.3 Å². The number of aliphatic hydroxyl groups excluding tert-OH is 1. The predicted molar refractivity (Wildman–Crippen MR) is 65.8 cm³/mol. The summed E-state index contributed by atoms with van der Waals surface area (Å²) in [5, 5.41) is 9.37.